The van der Waals surface area contributed by atoms with E-state index in [9.17, 15) is 13.2 Å². The Morgan fingerprint density at radius 3 is 2.88 bits per heavy atom. The zero-order valence-corrected chi connectivity index (χ0v) is 15.6. The van der Waals surface area contributed by atoms with Crippen molar-refractivity contribution in [3.63, 3.8) is 0 Å². The lowest BCUT2D eigenvalue weighted by atomic mass is 9.91. The Morgan fingerprint density at radius 2 is 2.23 bits per heavy atom. The number of sulfonamides is 1. The SMILES string of the molecule is C#CCN1C[C@H](COC)C2CCCC(C1=O)N2S(=O)(=O)c1cccnc1. The fourth-order valence-electron chi connectivity index (χ4n) is 3.98. The van der Waals surface area contributed by atoms with Crippen molar-refractivity contribution in [3.05, 3.63) is 24.5 Å². The molecule has 0 radical (unpaired) electrons. The van der Waals surface area contributed by atoms with Gasteiger partial charge < -0.3 is 9.64 Å². The Morgan fingerprint density at radius 1 is 1.42 bits per heavy atom. The zero-order chi connectivity index (χ0) is 18.7. The lowest BCUT2D eigenvalue weighted by Gasteiger charge is -2.40. The number of carbonyl (C=O) groups is 1. The molecule has 3 atom stereocenters. The van der Waals surface area contributed by atoms with E-state index < -0.39 is 16.1 Å². The summed E-state index contributed by atoms with van der Waals surface area (Å²) in [4.78, 5) is 18.7. The summed E-state index contributed by atoms with van der Waals surface area (Å²) in [6, 6.07) is 2.07. The molecule has 0 aliphatic carbocycles. The summed E-state index contributed by atoms with van der Waals surface area (Å²) in [5.41, 5.74) is 0. The molecule has 3 rings (SSSR count). The van der Waals surface area contributed by atoms with Crippen LogP contribution in [0, 0.1) is 18.3 Å². The van der Waals surface area contributed by atoms with Gasteiger partial charge in [-0.25, -0.2) is 8.42 Å². The number of terminal acetylenes is 1. The number of pyridine rings is 1. The molecule has 0 spiro atoms. The largest absolute Gasteiger partial charge is 0.384 e. The Labute approximate surface area is 154 Å². The second kappa shape index (κ2) is 7.74. The molecule has 1 aromatic rings. The van der Waals surface area contributed by atoms with Crippen LogP contribution in [0.15, 0.2) is 29.4 Å². The highest BCUT2D eigenvalue weighted by Crippen LogP contribution is 2.36. The van der Waals surface area contributed by atoms with E-state index in [0.717, 1.165) is 6.42 Å². The highest BCUT2D eigenvalue weighted by atomic mass is 32.2. The monoisotopic (exact) mass is 377 g/mol. The second-order valence-electron chi connectivity index (χ2n) is 6.68. The fourth-order valence-corrected chi connectivity index (χ4v) is 5.84. The third-order valence-corrected chi connectivity index (χ3v) is 7.00. The first-order valence-corrected chi connectivity index (χ1v) is 10.1. The minimum Gasteiger partial charge on any atom is -0.384 e. The van der Waals surface area contributed by atoms with Crippen LogP contribution in [-0.2, 0) is 19.6 Å². The van der Waals surface area contributed by atoms with Gasteiger partial charge in [0.1, 0.15) is 10.9 Å². The van der Waals surface area contributed by atoms with Gasteiger partial charge in [-0.15, -0.1) is 6.42 Å². The van der Waals surface area contributed by atoms with E-state index in [0.29, 0.717) is 26.0 Å². The minimum atomic E-state index is -3.85. The molecular formula is C18H23N3O4S. The summed E-state index contributed by atoms with van der Waals surface area (Å²) < 4.78 is 33.4. The van der Waals surface area contributed by atoms with E-state index in [-0.39, 0.29) is 29.3 Å². The van der Waals surface area contributed by atoms with Crippen LogP contribution in [0.3, 0.4) is 0 Å². The van der Waals surface area contributed by atoms with E-state index in [4.69, 9.17) is 11.2 Å². The molecule has 1 aromatic heterocycles. The average Bonchev–Trinajstić information content (AvgIpc) is 2.72. The highest BCUT2D eigenvalue weighted by molar-refractivity contribution is 7.89. The molecule has 8 heteroatoms. The summed E-state index contributed by atoms with van der Waals surface area (Å²) in [6.07, 6.45) is 10.3. The van der Waals surface area contributed by atoms with Crippen molar-refractivity contribution in [2.45, 2.75) is 36.2 Å². The number of aromatic nitrogens is 1. The fraction of sp³-hybridized carbons (Fsp3) is 0.556. The van der Waals surface area contributed by atoms with E-state index in [1.807, 2.05) is 0 Å². The number of hydrogen-bond acceptors (Lipinski definition) is 5. The highest BCUT2D eigenvalue weighted by Gasteiger charge is 2.49. The van der Waals surface area contributed by atoms with Gasteiger partial charge in [0, 0.05) is 38.0 Å². The molecule has 2 unspecified atom stereocenters. The summed E-state index contributed by atoms with van der Waals surface area (Å²) in [6.45, 7) is 0.935. The van der Waals surface area contributed by atoms with Crippen LogP contribution >= 0.6 is 0 Å². The maximum Gasteiger partial charge on any atom is 0.245 e. The molecule has 0 aromatic carbocycles. The van der Waals surface area contributed by atoms with Crippen LogP contribution in [0.1, 0.15) is 19.3 Å². The number of hydrogen-bond donors (Lipinski definition) is 0. The molecular weight excluding hydrogens is 354 g/mol. The van der Waals surface area contributed by atoms with Crippen LogP contribution in [-0.4, -0.2) is 67.4 Å². The smallest absolute Gasteiger partial charge is 0.245 e. The van der Waals surface area contributed by atoms with Gasteiger partial charge in [0.25, 0.3) is 0 Å². The number of piperidine rings is 1. The first-order valence-electron chi connectivity index (χ1n) is 8.65. The standard InChI is InChI=1S/C18H23N3O4S/c1-3-10-20-12-14(13-25-2)16-7-4-8-17(18(20)22)21(16)26(23,24)15-6-5-9-19-11-15/h1,5-6,9,11,14,16-17H,4,7-8,10,12-13H2,2H3/t14-,16?,17?/m1/s1. The van der Waals surface area contributed by atoms with Gasteiger partial charge in [-0.3, -0.25) is 9.78 Å². The van der Waals surface area contributed by atoms with Gasteiger partial charge in [-0.1, -0.05) is 5.92 Å². The average molecular weight is 377 g/mol. The van der Waals surface area contributed by atoms with E-state index in [1.54, 1.807) is 18.1 Å². The predicted octanol–water partition coefficient (Wildman–Crippen LogP) is 0.731. The van der Waals surface area contributed by atoms with Gasteiger partial charge in [0.2, 0.25) is 15.9 Å². The molecule has 2 aliphatic rings. The van der Waals surface area contributed by atoms with Crippen molar-refractivity contribution in [2.24, 2.45) is 5.92 Å². The van der Waals surface area contributed by atoms with Gasteiger partial charge in [0.15, 0.2) is 0 Å². The van der Waals surface area contributed by atoms with Crippen molar-refractivity contribution in [3.8, 4) is 12.3 Å². The van der Waals surface area contributed by atoms with Crippen LogP contribution in [0.2, 0.25) is 0 Å². The normalized spacial score (nSPS) is 27.0. The molecule has 2 bridgehead atoms. The lowest BCUT2D eigenvalue weighted by Crippen LogP contribution is -2.55. The van der Waals surface area contributed by atoms with Crippen LogP contribution < -0.4 is 0 Å². The van der Waals surface area contributed by atoms with Crippen LogP contribution in [0.4, 0.5) is 0 Å². The molecule has 26 heavy (non-hydrogen) atoms. The Balaban J connectivity index is 2.08. The van der Waals surface area contributed by atoms with E-state index in [1.165, 1.54) is 22.8 Å². The summed E-state index contributed by atoms with van der Waals surface area (Å²) in [5.74, 6) is 2.16. The van der Waals surface area contributed by atoms with Gasteiger partial charge in [-0.2, -0.15) is 4.31 Å². The zero-order valence-electron chi connectivity index (χ0n) is 14.7. The molecule has 1 amide bonds. The molecule has 2 aliphatic heterocycles. The van der Waals surface area contributed by atoms with E-state index in [2.05, 4.69) is 10.9 Å². The Bertz CT molecular complexity index is 790. The van der Waals surface area contributed by atoms with Gasteiger partial charge in [0.05, 0.1) is 13.2 Å². The maximum absolute atomic E-state index is 13.3. The summed E-state index contributed by atoms with van der Waals surface area (Å²) in [5, 5.41) is 0. The maximum atomic E-state index is 13.3. The first kappa shape index (κ1) is 18.8. The first-order chi connectivity index (χ1) is 12.5. The van der Waals surface area contributed by atoms with Crippen molar-refractivity contribution in [1.82, 2.24) is 14.2 Å². The van der Waals surface area contributed by atoms with Crippen LogP contribution in [0.25, 0.3) is 0 Å². The molecule has 7 nitrogen and oxygen atoms in total. The lowest BCUT2D eigenvalue weighted by molar-refractivity contribution is -0.134. The second-order valence-corrected chi connectivity index (χ2v) is 8.52. The number of rotatable bonds is 5. The number of methoxy groups -OCH3 is 1. The summed E-state index contributed by atoms with van der Waals surface area (Å²) in [7, 11) is -2.27. The van der Waals surface area contributed by atoms with Crippen LogP contribution in [0.5, 0.6) is 0 Å². The number of ether oxygens (including phenoxy) is 1. The molecule has 2 fully saturated rings. The van der Waals surface area contributed by atoms with Gasteiger partial charge in [-0.05, 0) is 31.4 Å². The predicted molar refractivity (Wildman–Crippen MR) is 95.5 cm³/mol. The number of carbonyl (C=O) groups excluding carboxylic acids is 1. The molecule has 0 saturated carbocycles. The Kier molecular flexibility index (Phi) is 5.61. The molecule has 0 N–H and O–H groups in total. The van der Waals surface area contributed by atoms with E-state index >= 15 is 0 Å². The minimum absolute atomic E-state index is 0.103. The number of amides is 1. The number of nitrogens with zero attached hydrogens (tertiary/aromatic N) is 3. The van der Waals surface area contributed by atoms with Crippen molar-refractivity contribution in [1.29, 1.82) is 0 Å². The van der Waals surface area contributed by atoms with Crippen molar-refractivity contribution < 1.29 is 17.9 Å². The van der Waals surface area contributed by atoms with Crippen molar-refractivity contribution >= 4 is 15.9 Å². The third kappa shape index (κ3) is 3.34. The van der Waals surface area contributed by atoms with Gasteiger partial charge >= 0.3 is 0 Å². The van der Waals surface area contributed by atoms with Crippen molar-refractivity contribution in [2.75, 3.05) is 26.8 Å². The number of fused-ring (bicyclic) bond motifs is 2. The molecule has 140 valence electrons. The topological polar surface area (TPSA) is 79.8 Å². The summed E-state index contributed by atoms with van der Waals surface area (Å²) >= 11 is 0. The molecule has 3 heterocycles. The molecule has 2 saturated heterocycles. The Hall–Kier alpha value is -1.95. The quantitative estimate of drug-likeness (QED) is 0.707. The third-order valence-electron chi connectivity index (χ3n) is 5.08.